The number of fused-ring (bicyclic) bond motifs is 1. The molecule has 0 spiro atoms. The Kier molecular flexibility index (Phi) is 4.51. The summed E-state index contributed by atoms with van der Waals surface area (Å²) >= 11 is 0. The number of pyridine rings is 1. The molecule has 0 atom stereocenters. The highest BCUT2D eigenvalue weighted by Gasteiger charge is 2.14. The maximum atomic E-state index is 11.8. The van der Waals surface area contributed by atoms with Gasteiger partial charge in [0.05, 0.1) is 11.3 Å². The summed E-state index contributed by atoms with van der Waals surface area (Å²) in [4.78, 5) is 19.2. The third-order valence-electron chi connectivity index (χ3n) is 4.34. The van der Waals surface area contributed by atoms with Crippen LogP contribution in [0.4, 0.5) is 11.4 Å². The number of carbonyl (C=O) groups is 1. The first-order valence-corrected chi connectivity index (χ1v) is 8.64. The Balaban J connectivity index is 1.83. The van der Waals surface area contributed by atoms with Gasteiger partial charge in [-0.1, -0.05) is 36.4 Å². The van der Waals surface area contributed by atoms with Crippen molar-refractivity contribution in [1.82, 2.24) is 9.97 Å². The zero-order chi connectivity index (χ0) is 19.5. The Labute approximate surface area is 160 Å². The Morgan fingerprint density at radius 2 is 1.89 bits per heavy atom. The summed E-state index contributed by atoms with van der Waals surface area (Å²) in [6.07, 6.45) is 5.02. The minimum absolute atomic E-state index is 0.154. The highest BCUT2D eigenvalue weighted by molar-refractivity contribution is 6.22. The van der Waals surface area contributed by atoms with Crippen molar-refractivity contribution in [3.05, 3.63) is 84.2 Å². The van der Waals surface area contributed by atoms with Crippen LogP contribution in [0, 0.1) is 0 Å². The number of aromatic hydroxyl groups is 1. The standard InChI is InChI=1S/C22H17N3O3/c26-17-8-4-7-16(12-17)25-19-9-10-23-21-20(19)15(13-24-21)11-18(22(27)28)14-5-2-1-3-6-14/h1-13,26H,(H,27,28)(H2,23,24,25)/b18-11+. The summed E-state index contributed by atoms with van der Waals surface area (Å²) in [7, 11) is 0. The van der Waals surface area contributed by atoms with E-state index in [1.807, 2.05) is 12.1 Å². The Bertz CT molecular complexity index is 1180. The smallest absolute Gasteiger partial charge is 0.336 e. The molecule has 0 aliphatic carbocycles. The monoisotopic (exact) mass is 371 g/mol. The van der Waals surface area contributed by atoms with Crippen LogP contribution < -0.4 is 5.32 Å². The summed E-state index contributed by atoms with van der Waals surface area (Å²) in [5.74, 6) is -0.853. The van der Waals surface area contributed by atoms with Gasteiger partial charge in [-0.2, -0.15) is 0 Å². The summed E-state index contributed by atoms with van der Waals surface area (Å²) in [6.45, 7) is 0. The fourth-order valence-corrected chi connectivity index (χ4v) is 3.08. The van der Waals surface area contributed by atoms with E-state index in [2.05, 4.69) is 15.3 Å². The number of hydrogen-bond donors (Lipinski definition) is 4. The number of H-pyrrole nitrogens is 1. The van der Waals surface area contributed by atoms with Gasteiger partial charge in [0.25, 0.3) is 0 Å². The van der Waals surface area contributed by atoms with Crippen molar-refractivity contribution in [1.29, 1.82) is 0 Å². The minimum atomic E-state index is -1.01. The average Bonchev–Trinajstić information content (AvgIpc) is 3.10. The van der Waals surface area contributed by atoms with E-state index in [4.69, 9.17) is 0 Å². The van der Waals surface area contributed by atoms with E-state index in [0.29, 0.717) is 22.5 Å². The molecule has 6 nitrogen and oxygen atoms in total. The molecule has 4 N–H and O–H groups in total. The topological polar surface area (TPSA) is 98.2 Å². The number of rotatable bonds is 5. The van der Waals surface area contributed by atoms with Gasteiger partial charge in [0, 0.05) is 35.1 Å². The minimum Gasteiger partial charge on any atom is -0.508 e. The number of carboxylic acid groups (broad SMARTS) is 1. The molecule has 0 saturated carbocycles. The van der Waals surface area contributed by atoms with Crippen LogP contribution in [0.25, 0.3) is 22.7 Å². The molecule has 2 aromatic carbocycles. The summed E-state index contributed by atoms with van der Waals surface area (Å²) in [6, 6.07) is 17.6. The first-order chi connectivity index (χ1) is 13.6. The van der Waals surface area contributed by atoms with Gasteiger partial charge in [-0.3, -0.25) is 0 Å². The number of aromatic nitrogens is 2. The van der Waals surface area contributed by atoms with Crippen molar-refractivity contribution in [2.45, 2.75) is 0 Å². The van der Waals surface area contributed by atoms with Crippen molar-refractivity contribution in [3.63, 3.8) is 0 Å². The first kappa shape index (κ1) is 17.4. The van der Waals surface area contributed by atoms with Crippen LogP contribution in [0.1, 0.15) is 11.1 Å². The molecule has 138 valence electrons. The molecule has 0 saturated heterocycles. The van der Waals surface area contributed by atoms with Crippen molar-refractivity contribution < 1.29 is 15.0 Å². The zero-order valence-corrected chi connectivity index (χ0v) is 14.8. The predicted octanol–water partition coefficient (Wildman–Crippen LogP) is 4.64. The van der Waals surface area contributed by atoms with Crippen LogP contribution in [-0.4, -0.2) is 26.2 Å². The molecule has 0 unspecified atom stereocenters. The normalized spacial score (nSPS) is 11.5. The maximum absolute atomic E-state index is 11.8. The van der Waals surface area contributed by atoms with Crippen molar-refractivity contribution in [2.24, 2.45) is 0 Å². The lowest BCUT2D eigenvalue weighted by Gasteiger charge is -2.09. The summed E-state index contributed by atoms with van der Waals surface area (Å²) < 4.78 is 0. The molecule has 2 heterocycles. The number of benzene rings is 2. The highest BCUT2D eigenvalue weighted by atomic mass is 16.4. The average molecular weight is 371 g/mol. The van der Waals surface area contributed by atoms with Gasteiger partial charge in [-0.25, -0.2) is 9.78 Å². The van der Waals surface area contributed by atoms with E-state index < -0.39 is 5.97 Å². The number of nitrogens with zero attached hydrogens (tertiary/aromatic N) is 1. The molecular weight excluding hydrogens is 354 g/mol. The number of aromatic amines is 1. The van der Waals surface area contributed by atoms with Gasteiger partial charge in [-0.15, -0.1) is 0 Å². The Hall–Kier alpha value is -4.06. The van der Waals surface area contributed by atoms with E-state index in [9.17, 15) is 15.0 Å². The van der Waals surface area contributed by atoms with E-state index in [1.165, 1.54) is 0 Å². The van der Waals surface area contributed by atoms with Gasteiger partial charge in [-0.05, 0) is 29.8 Å². The lowest BCUT2D eigenvalue weighted by molar-refractivity contribution is -0.130. The number of phenolic OH excluding ortho intramolecular Hbond substituents is 1. The largest absolute Gasteiger partial charge is 0.508 e. The Morgan fingerprint density at radius 1 is 1.07 bits per heavy atom. The number of hydrogen-bond acceptors (Lipinski definition) is 4. The molecular formula is C22H17N3O3. The number of carboxylic acids is 1. The molecule has 4 aromatic rings. The second kappa shape index (κ2) is 7.28. The van der Waals surface area contributed by atoms with Crippen LogP contribution in [0.15, 0.2) is 73.1 Å². The van der Waals surface area contributed by atoms with Gasteiger partial charge in [0.15, 0.2) is 0 Å². The van der Waals surface area contributed by atoms with Gasteiger partial charge >= 0.3 is 5.97 Å². The van der Waals surface area contributed by atoms with E-state index in [1.54, 1.807) is 67.0 Å². The van der Waals surface area contributed by atoms with Crippen LogP contribution in [0.3, 0.4) is 0 Å². The molecule has 0 bridgehead atoms. The van der Waals surface area contributed by atoms with Crippen LogP contribution in [-0.2, 0) is 4.79 Å². The number of aliphatic carboxylic acids is 1. The van der Waals surface area contributed by atoms with Crippen molar-refractivity contribution >= 4 is 40.0 Å². The quantitative estimate of drug-likeness (QED) is 0.383. The Morgan fingerprint density at radius 3 is 2.64 bits per heavy atom. The van der Waals surface area contributed by atoms with Gasteiger partial charge in [0.1, 0.15) is 11.4 Å². The van der Waals surface area contributed by atoms with Crippen LogP contribution in [0.2, 0.25) is 0 Å². The lowest BCUT2D eigenvalue weighted by Crippen LogP contribution is -1.99. The summed E-state index contributed by atoms with van der Waals surface area (Å²) in [5.41, 5.74) is 3.61. The number of anilines is 2. The molecule has 0 aliphatic heterocycles. The molecule has 0 aliphatic rings. The van der Waals surface area contributed by atoms with Gasteiger partial charge < -0.3 is 20.5 Å². The third-order valence-corrected chi connectivity index (χ3v) is 4.34. The van der Waals surface area contributed by atoms with Crippen LogP contribution >= 0.6 is 0 Å². The molecule has 0 amide bonds. The first-order valence-electron chi connectivity index (χ1n) is 8.64. The van der Waals surface area contributed by atoms with E-state index in [-0.39, 0.29) is 11.3 Å². The SMILES string of the molecule is O=C(O)/C(=C/c1c[nH]c2nccc(Nc3cccc(O)c3)c12)c1ccccc1. The van der Waals surface area contributed by atoms with Gasteiger partial charge in [0.2, 0.25) is 0 Å². The fourth-order valence-electron chi connectivity index (χ4n) is 3.08. The molecule has 0 radical (unpaired) electrons. The molecule has 0 fully saturated rings. The third kappa shape index (κ3) is 3.43. The van der Waals surface area contributed by atoms with Crippen molar-refractivity contribution in [2.75, 3.05) is 5.32 Å². The zero-order valence-electron chi connectivity index (χ0n) is 14.8. The van der Waals surface area contributed by atoms with E-state index >= 15 is 0 Å². The molecule has 6 heteroatoms. The maximum Gasteiger partial charge on any atom is 0.336 e. The second-order valence-corrected chi connectivity index (χ2v) is 6.23. The molecule has 2 aromatic heterocycles. The second-order valence-electron chi connectivity index (χ2n) is 6.23. The molecule has 28 heavy (non-hydrogen) atoms. The fraction of sp³-hybridized carbons (Fsp3) is 0. The lowest BCUT2D eigenvalue weighted by atomic mass is 10.0. The summed E-state index contributed by atoms with van der Waals surface area (Å²) in [5, 5.41) is 23.4. The molecule has 4 rings (SSSR count). The number of phenols is 1. The highest BCUT2D eigenvalue weighted by Crippen LogP contribution is 2.31. The van der Waals surface area contributed by atoms with E-state index in [0.717, 1.165) is 11.1 Å². The predicted molar refractivity (Wildman–Crippen MR) is 109 cm³/mol. The van der Waals surface area contributed by atoms with Crippen LogP contribution in [0.5, 0.6) is 5.75 Å². The van der Waals surface area contributed by atoms with Crippen molar-refractivity contribution in [3.8, 4) is 5.75 Å². The number of nitrogens with one attached hydrogen (secondary N) is 2.